The lowest BCUT2D eigenvalue weighted by atomic mass is 10.2. The molecule has 12 aromatic rings. The number of benzene rings is 4. The van der Waals surface area contributed by atoms with E-state index in [4.69, 9.17) is 71.1 Å². The molecule has 0 saturated carbocycles. The number of nitrogens with zero attached hydrogens (tertiary/aromatic N) is 20. The van der Waals surface area contributed by atoms with E-state index in [1.807, 2.05) is 112 Å². The number of rotatable bonds is 19. The van der Waals surface area contributed by atoms with Crippen LogP contribution in [-0.4, -0.2) is 256 Å². The highest BCUT2D eigenvalue weighted by Crippen LogP contribution is 2.35. The van der Waals surface area contributed by atoms with Gasteiger partial charge >= 0.3 is 0 Å². The number of nitrogens with two attached hydrogens (primary N) is 1. The average molecular weight is 1830 g/mol. The van der Waals surface area contributed by atoms with Gasteiger partial charge < -0.3 is 69.2 Å². The topological polar surface area (TPSA) is 343 Å². The van der Waals surface area contributed by atoms with Crippen molar-refractivity contribution in [2.45, 2.75) is 44.7 Å². The van der Waals surface area contributed by atoms with Crippen LogP contribution in [-0.2, 0) is 66.5 Å². The lowest BCUT2D eigenvalue weighted by molar-refractivity contribution is -0.133. The van der Waals surface area contributed by atoms with Crippen molar-refractivity contribution in [2.24, 2.45) is 5.73 Å². The summed E-state index contributed by atoms with van der Waals surface area (Å²) < 4.78 is 52.4. The van der Waals surface area contributed by atoms with Crippen LogP contribution in [0.4, 0.5) is 28.6 Å². The first-order valence-electron chi connectivity index (χ1n) is 37.9. The molecule has 4 saturated heterocycles. The number of halogens is 5. The number of carbonyl (C=O) groups is 5. The molecule has 4 fully saturated rings. The van der Waals surface area contributed by atoms with Crippen LogP contribution in [0.25, 0.3) is 44.1 Å². The molecular formula is C80H87Cl4IN22O11S. The second-order valence-corrected chi connectivity index (χ2v) is 32.5. The summed E-state index contributed by atoms with van der Waals surface area (Å²) in [6.45, 7) is 12.7. The van der Waals surface area contributed by atoms with Crippen LogP contribution >= 0.6 is 69.0 Å². The highest BCUT2D eigenvalue weighted by molar-refractivity contribution is 14.1. The molecule has 8 aromatic heterocycles. The van der Waals surface area contributed by atoms with Crippen molar-refractivity contribution in [1.82, 2.24) is 78.7 Å². The van der Waals surface area contributed by atoms with Crippen LogP contribution in [0.1, 0.15) is 12.6 Å². The van der Waals surface area contributed by atoms with E-state index in [9.17, 15) is 32.4 Å². The zero-order valence-corrected chi connectivity index (χ0v) is 72.0. The van der Waals surface area contributed by atoms with Gasteiger partial charge in [0.25, 0.3) is 0 Å². The maximum Gasteiger partial charge on any atom is 0.244 e. The van der Waals surface area contributed by atoms with Crippen LogP contribution in [0.5, 0.6) is 23.0 Å². The zero-order chi connectivity index (χ0) is 84.2. The molecule has 0 unspecified atom stereocenters. The van der Waals surface area contributed by atoms with Gasteiger partial charge in [0.15, 0.2) is 37.5 Å². The first-order chi connectivity index (χ1) is 57.4. The van der Waals surface area contributed by atoms with Crippen molar-refractivity contribution < 1.29 is 51.3 Å². The number of hydrogen-bond donors (Lipinski definition) is 2. The summed E-state index contributed by atoms with van der Waals surface area (Å²) in [6.07, 6.45) is 7.73. The Hall–Kier alpha value is -11.1. The number of anilines is 5. The van der Waals surface area contributed by atoms with E-state index in [1.54, 1.807) is 96.4 Å². The van der Waals surface area contributed by atoms with Gasteiger partial charge in [-0.3, -0.25) is 24.0 Å². The van der Waals surface area contributed by atoms with E-state index in [0.29, 0.717) is 156 Å². The number of hydrogen-bond acceptors (Lipinski definition) is 24. The van der Waals surface area contributed by atoms with Gasteiger partial charge in [0, 0.05) is 201 Å². The van der Waals surface area contributed by atoms with Crippen LogP contribution in [0.3, 0.4) is 0 Å². The smallest absolute Gasteiger partial charge is 0.244 e. The molecule has 0 spiro atoms. The van der Waals surface area contributed by atoms with Gasteiger partial charge in [-0.25, -0.2) is 47.1 Å². The van der Waals surface area contributed by atoms with E-state index in [2.05, 4.69) is 87.8 Å². The minimum Gasteiger partial charge on any atom is -0.495 e. The van der Waals surface area contributed by atoms with Crippen LogP contribution in [0.15, 0.2) is 151 Å². The predicted octanol–water partition coefficient (Wildman–Crippen LogP) is 9.19. The quantitative estimate of drug-likeness (QED) is 0.0712. The molecular weight excluding hydrogens is 1750 g/mol. The average Bonchev–Trinajstić information content (AvgIpc) is 1.63. The molecule has 39 heteroatoms. The fourth-order valence-corrected chi connectivity index (χ4v) is 16.5. The third-order valence-corrected chi connectivity index (χ3v) is 23.6. The first kappa shape index (κ1) is 85.8. The molecule has 0 aliphatic carbocycles. The highest BCUT2D eigenvalue weighted by atomic mass is 127. The lowest BCUT2D eigenvalue weighted by Gasteiger charge is -2.36. The Bertz CT molecular complexity index is 5810. The Kier molecular flexibility index (Phi) is 27.9. The number of ether oxygens (including phenoxy) is 4. The largest absolute Gasteiger partial charge is 0.495 e. The first-order valence-corrected chi connectivity index (χ1v) is 42.4. The van der Waals surface area contributed by atoms with Gasteiger partial charge in [-0.1, -0.05) is 46.4 Å². The number of carbonyl (C=O) groups excluding carboxylic acids is 5. The Labute approximate surface area is 719 Å². The summed E-state index contributed by atoms with van der Waals surface area (Å²) in [5, 5.41) is 25.4. The Balaban J connectivity index is 0.000000137. The molecule has 4 aliphatic rings. The third-order valence-electron chi connectivity index (χ3n) is 20.5. The van der Waals surface area contributed by atoms with E-state index in [1.165, 1.54) is 11.6 Å². The fourth-order valence-electron chi connectivity index (χ4n) is 14.2. The van der Waals surface area contributed by atoms with Crippen LogP contribution < -0.4 is 49.6 Å². The summed E-state index contributed by atoms with van der Waals surface area (Å²) in [7, 11) is 2.84. The molecule has 0 bridgehead atoms. The monoisotopic (exact) mass is 1830 g/mol. The van der Waals surface area contributed by atoms with Crippen molar-refractivity contribution in [3.05, 3.63) is 176 Å². The van der Waals surface area contributed by atoms with E-state index >= 15 is 0 Å². The second-order valence-electron chi connectivity index (χ2n) is 28.0. The number of piperazine rings is 4. The number of nitrogens with one attached hydrogen (secondary N) is 1. The molecule has 5 amide bonds. The molecule has 624 valence electrons. The molecule has 4 aliphatic heterocycles. The van der Waals surface area contributed by atoms with E-state index < -0.39 is 9.84 Å². The highest BCUT2D eigenvalue weighted by Gasteiger charge is 2.30. The number of aromatic nitrogens is 12. The predicted molar refractivity (Wildman–Crippen MR) is 465 cm³/mol. The maximum absolute atomic E-state index is 12.9. The number of sulfone groups is 1. The zero-order valence-electron chi connectivity index (χ0n) is 66.0. The van der Waals surface area contributed by atoms with Crippen molar-refractivity contribution >= 4 is 181 Å². The lowest BCUT2D eigenvalue weighted by Crippen LogP contribution is -2.49. The minimum atomic E-state index is -3.54. The second kappa shape index (κ2) is 38.8. The molecule has 33 nitrogen and oxygen atoms in total. The Morgan fingerprint density at radius 1 is 0.445 bits per heavy atom. The number of methoxy groups -OCH3 is 4. The number of fused-ring (bicyclic) bond motifs is 4. The van der Waals surface area contributed by atoms with Gasteiger partial charge in [0.05, 0.1) is 71.2 Å². The fraction of sp³-hybridized carbons (Fsp3) is 0.338. The van der Waals surface area contributed by atoms with Crippen LogP contribution in [0.2, 0.25) is 20.1 Å². The van der Waals surface area contributed by atoms with Crippen molar-refractivity contribution in [3.63, 3.8) is 0 Å². The maximum atomic E-state index is 12.9. The van der Waals surface area contributed by atoms with Gasteiger partial charge in [0.1, 0.15) is 58.7 Å². The molecule has 119 heavy (non-hydrogen) atoms. The molecule has 12 heterocycles. The van der Waals surface area contributed by atoms with Gasteiger partial charge in [0.2, 0.25) is 29.5 Å². The molecule has 0 atom stereocenters. The molecule has 4 aromatic carbocycles. The summed E-state index contributed by atoms with van der Waals surface area (Å²) in [6, 6.07) is 37.2. The van der Waals surface area contributed by atoms with Crippen molar-refractivity contribution in [2.75, 3.05) is 164 Å². The molecule has 16 rings (SSSR count). The standard InChI is InChI=1S/C21H23ClN6O3.C20H23ClN6O2.C20H22ClN5O4S.C19H19ClIN5O2/c1-14(29)24-19-6-3-15-12-23-28(21(15)25-19)13-20(30)27-9-7-26(8-10-27)16-4-5-17(22)18(11-16)31-2;1-29-18-11-14(4-5-16(18)21)25-7-9-26(10-8-25)19(28)13-27-20-15(3-2-6-23-20)17(12-22)24-27;1-30-17-12-14(5-6-16(17)21)24-8-10-25(11-9-24)18(27)13-26-19-15(4-3-7-22-19)20(23-26)31(2,28)29;1-28-16-11-13(4-5-15(16)20)24-7-9-25(10-8-24)17(27)12-26-19-14(18(21)23-26)3-2-6-22-19/h3-6,11-12H,7-10,13H2,1-2H3,(H,24,25,29);2-6,11H,7-10,12-13,22H2,1H3;3-7,12H,8-11,13H2,1-2H3;2-6,11H,7-10,12H2,1H3. The van der Waals surface area contributed by atoms with Gasteiger partial charge in [-0.2, -0.15) is 20.4 Å². The van der Waals surface area contributed by atoms with E-state index in [-0.39, 0.29) is 60.7 Å². The molecule has 3 N–H and O–H groups in total. The summed E-state index contributed by atoms with van der Waals surface area (Å²) in [5.74, 6) is 2.70. The normalized spacial score (nSPS) is 14.5. The Morgan fingerprint density at radius 3 is 1.16 bits per heavy atom. The van der Waals surface area contributed by atoms with Gasteiger partial charge in [-0.15, -0.1) is 0 Å². The molecule has 0 radical (unpaired) electrons. The van der Waals surface area contributed by atoms with Gasteiger partial charge in [-0.05, 0) is 120 Å². The SMILES string of the molecule is COc1cc(N2CCN(C(=O)Cn3nc(CN)c4cccnc43)CC2)ccc1Cl.COc1cc(N2CCN(C(=O)Cn3nc(I)c4cccnc43)CC2)ccc1Cl.COc1cc(N2CCN(C(=O)Cn3nc(S(C)(=O)=O)c4cccnc43)CC2)ccc1Cl.COc1cc(N2CCN(C(=O)Cn3ncc4ccc(NC(C)=O)nc43)CC2)ccc1Cl. The van der Waals surface area contributed by atoms with Crippen molar-refractivity contribution in [1.29, 1.82) is 0 Å². The Morgan fingerprint density at radius 2 is 0.790 bits per heavy atom. The summed E-state index contributed by atoms with van der Waals surface area (Å²) in [4.78, 5) is 96.2. The minimum absolute atomic E-state index is 0.0231. The number of amides is 5. The van der Waals surface area contributed by atoms with Crippen molar-refractivity contribution in [3.8, 4) is 23.0 Å². The number of pyridine rings is 4. The van der Waals surface area contributed by atoms with Crippen LogP contribution in [0, 0.1) is 3.70 Å². The summed E-state index contributed by atoms with van der Waals surface area (Å²) >= 11 is 26.6. The van der Waals surface area contributed by atoms with E-state index in [0.717, 1.165) is 86.4 Å². The third kappa shape index (κ3) is 20.4. The summed E-state index contributed by atoms with van der Waals surface area (Å²) in [5.41, 5.74) is 13.0.